The zero-order valence-corrected chi connectivity index (χ0v) is 21.4. The lowest BCUT2D eigenvalue weighted by atomic mass is 10.0. The number of carbonyl (C=O) groups is 3. The number of carbonyl (C=O) groups excluding carboxylic acids is 3. The summed E-state index contributed by atoms with van der Waals surface area (Å²) >= 11 is 0. The highest BCUT2D eigenvalue weighted by Gasteiger charge is 2.28. The van der Waals surface area contributed by atoms with Gasteiger partial charge in [-0.2, -0.15) is 0 Å². The number of aryl methyl sites for hydroxylation is 1. The van der Waals surface area contributed by atoms with Gasteiger partial charge in [0.25, 0.3) is 11.8 Å². The van der Waals surface area contributed by atoms with Crippen molar-refractivity contribution in [2.45, 2.75) is 45.8 Å². The maximum absolute atomic E-state index is 13.3. The molecule has 4 rings (SSSR count). The first kappa shape index (κ1) is 26.1. The summed E-state index contributed by atoms with van der Waals surface area (Å²) in [7, 11) is 1.63. The van der Waals surface area contributed by atoms with E-state index >= 15 is 0 Å². The molecule has 1 aromatic carbocycles. The number of amides is 3. The van der Waals surface area contributed by atoms with Crippen LogP contribution in [-0.2, 0) is 4.79 Å². The number of rotatable bonds is 7. The van der Waals surface area contributed by atoms with E-state index in [0.717, 1.165) is 0 Å². The number of aliphatic hydroxyl groups excluding tert-OH is 1. The Morgan fingerprint density at radius 1 is 1.19 bits per heavy atom. The fourth-order valence-electron chi connectivity index (χ4n) is 4.38. The van der Waals surface area contributed by atoms with Crippen LogP contribution in [0.25, 0.3) is 11.2 Å². The van der Waals surface area contributed by atoms with E-state index in [1.54, 1.807) is 43.1 Å². The zero-order chi connectivity index (χ0) is 26.7. The maximum atomic E-state index is 13.3. The first-order chi connectivity index (χ1) is 17.7. The number of nitrogens with one attached hydrogen (secondary N) is 2. The van der Waals surface area contributed by atoms with Gasteiger partial charge < -0.3 is 25.0 Å². The van der Waals surface area contributed by atoms with Gasteiger partial charge in [0, 0.05) is 31.7 Å². The number of H-pyrrole nitrogens is 1. The normalized spacial score (nSPS) is 14.2. The van der Waals surface area contributed by atoms with Crippen LogP contribution in [0.1, 0.15) is 53.2 Å². The van der Waals surface area contributed by atoms with Gasteiger partial charge in [-0.05, 0) is 45.7 Å². The maximum Gasteiger partial charge on any atom is 0.271 e. The number of hydrogen-bond donors (Lipinski definition) is 3. The Labute approximate surface area is 214 Å². The van der Waals surface area contributed by atoms with Crippen molar-refractivity contribution in [1.29, 1.82) is 0 Å². The van der Waals surface area contributed by atoms with Crippen LogP contribution in [0.4, 0.5) is 5.82 Å². The van der Waals surface area contributed by atoms with E-state index in [1.807, 2.05) is 19.9 Å². The monoisotopic (exact) mass is 508 g/mol. The summed E-state index contributed by atoms with van der Waals surface area (Å²) in [5, 5.41) is 12.1. The Bertz CT molecular complexity index is 1300. The first-order valence-electron chi connectivity index (χ1n) is 12.3. The van der Waals surface area contributed by atoms with Crippen LogP contribution in [0.3, 0.4) is 0 Å². The molecule has 2 aromatic heterocycles. The first-order valence-corrected chi connectivity index (χ1v) is 12.3. The minimum atomic E-state index is -0.518. The molecule has 1 aliphatic heterocycles. The minimum Gasteiger partial charge on any atom is -0.486 e. The third-order valence-electron chi connectivity index (χ3n) is 6.27. The summed E-state index contributed by atoms with van der Waals surface area (Å²) < 4.78 is 6.01. The average Bonchev–Trinajstić information content (AvgIpc) is 3.24. The van der Waals surface area contributed by atoms with Gasteiger partial charge in [-0.3, -0.25) is 19.3 Å². The smallest absolute Gasteiger partial charge is 0.271 e. The number of nitrogens with zero attached hydrogens (tertiary/aromatic N) is 4. The van der Waals surface area contributed by atoms with E-state index in [-0.39, 0.29) is 41.3 Å². The van der Waals surface area contributed by atoms with Gasteiger partial charge in [-0.25, -0.2) is 9.97 Å². The molecule has 0 bridgehead atoms. The summed E-state index contributed by atoms with van der Waals surface area (Å²) in [4.78, 5) is 53.4. The molecule has 11 nitrogen and oxygen atoms in total. The van der Waals surface area contributed by atoms with Gasteiger partial charge in [-0.15, -0.1) is 0 Å². The fourth-order valence-corrected chi connectivity index (χ4v) is 4.38. The molecule has 1 aliphatic rings. The number of anilines is 1. The third-order valence-corrected chi connectivity index (χ3v) is 6.27. The van der Waals surface area contributed by atoms with Crippen LogP contribution in [0, 0.1) is 6.92 Å². The van der Waals surface area contributed by atoms with Crippen molar-refractivity contribution in [2.75, 3.05) is 31.6 Å². The van der Waals surface area contributed by atoms with Crippen LogP contribution >= 0.6 is 0 Å². The van der Waals surface area contributed by atoms with Crippen LogP contribution in [0.2, 0.25) is 0 Å². The second-order valence-corrected chi connectivity index (χ2v) is 9.34. The summed E-state index contributed by atoms with van der Waals surface area (Å²) in [6.07, 6.45) is 0.905. The fraction of sp³-hybridized carbons (Fsp3) is 0.423. The zero-order valence-electron chi connectivity index (χ0n) is 21.4. The number of fused-ring (bicyclic) bond motifs is 1. The topological polar surface area (TPSA) is 141 Å². The highest BCUT2D eigenvalue weighted by atomic mass is 16.5. The van der Waals surface area contributed by atoms with E-state index in [2.05, 4.69) is 15.3 Å². The van der Waals surface area contributed by atoms with Crippen molar-refractivity contribution < 1.29 is 24.2 Å². The number of piperidine rings is 1. The van der Waals surface area contributed by atoms with E-state index in [1.165, 1.54) is 4.90 Å². The largest absolute Gasteiger partial charge is 0.486 e. The molecule has 11 heteroatoms. The molecule has 0 radical (unpaired) electrons. The standard InChI is InChI=1S/C26H32N6O5/c1-15(2)37-22-20-23(27-16(3)24(30-20)31(4)26(36)17-8-6-5-7-9-17)29-21(22)25(35)28-18-10-12-32(13-11-18)19(34)14-33/h5-9,15,18,33H,10-14H2,1-4H3,(H,27,29)(H,28,35). The van der Waals surface area contributed by atoms with Crippen LogP contribution in [-0.4, -0.2) is 81.6 Å². The molecule has 0 aliphatic carbocycles. The van der Waals surface area contributed by atoms with Crippen LogP contribution in [0.5, 0.6) is 5.75 Å². The molecule has 0 spiro atoms. The van der Waals surface area contributed by atoms with E-state index in [4.69, 9.17) is 14.8 Å². The van der Waals surface area contributed by atoms with Crippen molar-refractivity contribution in [3.63, 3.8) is 0 Å². The van der Waals surface area contributed by atoms with E-state index in [9.17, 15) is 14.4 Å². The minimum absolute atomic E-state index is 0.138. The Kier molecular flexibility index (Phi) is 7.72. The molecule has 0 unspecified atom stereocenters. The van der Waals surface area contributed by atoms with Gasteiger partial charge in [0.2, 0.25) is 5.91 Å². The summed E-state index contributed by atoms with van der Waals surface area (Å²) in [6, 6.07) is 8.76. The van der Waals surface area contributed by atoms with Crippen LogP contribution < -0.4 is 15.0 Å². The number of aromatic amines is 1. The van der Waals surface area contributed by atoms with Crippen LogP contribution in [0.15, 0.2) is 30.3 Å². The van der Waals surface area contributed by atoms with Gasteiger partial charge in [0.15, 0.2) is 28.4 Å². The molecular formula is C26H32N6O5. The van der Waals surface area contributed by atoms with E-state index in [0.29, 0.717) is 54.2 Å². The van der Waals surface area contributed by atoms with Crippen molar-refractivity contribution >= 4 is 34.7 Å². The number of benzene rings is 1. The molecule has 37 heavy (non-hydrogen) atoms. The predicted molar refractivity (Wildman–Crippen MR) is 138 cm³/mol. The Balaban J connectivity index is 1.62. The molecule has 0 saturated carbocycles. The number of aliphatic hydroxyl groups is 1. The third kappa shape index (κ3) is 5.56. The van der Waals surface area contributed by atoms with Crippen molar-refractivity contribution in [3.05, 3.63) is 47.3 Å². The van der Waals surface area contributed by atoms with Gasteiger partial charge in [0.1, 0.15) is 6.61 Å². The number of hydrogen-bond acceptors (Lipinski definition) is 7. The summed E-state index contributed by atoms with van der Waals surface area (Å²) in [6.45, 7) is 5.85. The second-order valence-electron chi connectivity index (χ2n) is 9.34. The SMILES string of the molecule is Cc1nc2[nH]c(C(=O)NC3CCN(C(=O)CO)CC3)c(OC(C)C)c2nc1N(C)C(=O)c1ccccc1. The van der Waals surface area contributed by atoms with Gasteiger partial charge >= 0.3 is 0 Å². The molecule has 3 heterocycles. The Morgan fingerprint density at radius 3 is 2.49 bits per heavy atom. The highest BCUT2D eigenvalue weighted by Crippen LogP contribution is 2.32. The second kappa shape index (κ2) is 11.0. The molecule has 1 fully saturated rings. The van der Waals surface area contributed by atoms with Gasteiger partial charge in [-0.1, -0.05) is 18.2 Å². The quantitative estimate of drug-likeness (QED) is 0.444. The molecule has 196 valence electrons. The summed E-state index contributed by atoms with van der Waals surface area (Å²) in [5.74, 6) is -0.280. The van der Waals surface area contributed by atoms with Crippen molar-refractivity contribution in [3.8, 4) is 5.75 Å². The van der Waals surface area contributed by atoms with Gasteiger partial charge in [0.05, 0.1) is 11.8 Å². The molecule has 3 N–H and O–H groups in total. The number of likely N-dealkylation sites (tertiary alicyclic amines) is 1. The lowest BCUT2D eigenvalue weighted by Gasteiger charge is -2.32. The number of ether oxygens (including phenoxy) is 1. The predicted octanol–water partition coefficient (Wildman–Crippen LogP) is 2.04. The Hall–Kier alpha value is -3.99. The van der Waals surface area contributed by atoms with Crippen molar-refractivity contribution in [2.24, 2.45) is 0 Å². The lowest BCUT2D eigenvalue weighted by molar-refractivity contribution is -0.135. The van der Waals surface area contributed by atoms with Crippen molar-refractivity contribution in [1.82, 2.24) is 25.2 Å². The Morgan fingerprint density at radius 2 is 1.86 bits per heavy atom. The molecule has 0 atom stereocenters. The summed E-state index contributed by atoms with van der Waals surface area (Å²) in [5.41, 5.74) is 1.97. The number of aromatic nitrogens is 3. The molecule has 3 aromatic rings. The van der Waals surface area contributed by atoms with E-state index < -0.39 is 6.61 Å². The lowest BCUT2D eigenvalue weighted by Crippen LogP contribution is -2.47. The average molecular weight is 509 g/mol. The molecule has 1 saturated heterocycles. The molecular weight excluding hydrogens is 476 g/mol. The molecule has 3 amide bonds. The highest BCUT2D eigenvalue weighted by molar-refractivity contribution is 6.06.